The summed E-state index contributed by atoms with van der Waals surface area (Å²) in [4.78, 5) is 12.4. The van der Waals surface area contributed by atoms with E-state index in [0.717, 1.165) is 30.4 Å². The Kier molecular flexibility index (Phi) is 8.50. The van der Waals surface area contributed by atoms with Crippen LogP contribution in [0.15, 0.2) is 84.3 Å². The molecule has 6 nitrogen and oxygen atoms in total. The van der Waals surface area contributed by atoms with Gasteiger partial charge in [0.15, 0.2) is 0 Å². The number of hydrogen-bond acceptors (Lipinski definition) is 6. The van der Waals surface area contributed by atoms with Gasteiger partial charge in [-0.25, -0.2) is 4.79 Å². The highest BCUT2D eigenvalue weighted by Crippen LogP contribution is 2.45. The molecule has 0 bridgehead atoms. The van der Waals surface area contributed by atoms with Gasteiger partial charge in [0.05, 0.1) is 12.5 Å². The molecule has 1 aliphatic heterocycles. The van der Waals surface area contributed by atoms with Crippen molar-refractivity contribution in [3.63, 3.8) is 0 Å². The first-order chi connectivity index (χ1) is 18.0. The molecular weight excluding hydrogens is 488 g/mol. The molecule has 0 aliphatic carbocycles. The number of nitriles is 1. The van der Waals surface area contributed by atoms with Crippen molar-refractivity contribution in [3.8, 4) is 23.3 Å². The lowest BCUT2D eigenvalue weighted by Crippen LogP contribution is -2.21. The molecule has 0 saturated heterocycles. The second-order valence-electron chi connectivity index (χ2n) is 8.49. The standard InChI is InChI=1S/C30H27ClN2O4/c1-2-3-8-17-35-26-12-7-5-10-22(26)29-23-15-14-21(18-27(23)37-30(33)24(29)19-32)36-28(34)16-13-20-9-4-6-11-25(20)31/h4-7,9-16,18,29H,2-3,8,17,33H2,1H3/b16-13+. The molecule has 0 spiro atoms. The van der Waals surface area contributed by atoms with Crippen LogP contribution in [-0.4, -0.2) is 12.6 Å². The summed E-state index contributed by atoms with van der Waals surface area (Å²) in [6.07, 6.45) is 6.01. The number of benzene rings is 3. The second kappa shape index (κ2) is 12.2. The fraction of sp³-hybridized carbons (Fsp3) is 0.200. The number of carbonyl (C=O) groups is 1. The van der Waals surface area contributed by atoms with Gasteiger partial charge in [-0.05, 0) is 36.3 Å². The van der Waals surface area contributed by atoms with Gasteiger partial charge in [0.25, 0.3) is 0 Å². The Morgan fingerprint density at radius 3 is 2.68 bits per heavy atom. The molecule has 7 heteroatoms. The van der Waals surface area contributed by atoms with Crippen LogP contribution in [0.2, 0.25) is 5.02 Å². The molecule has 0 fully saturated rings. The van der Waals surface area contributed by atoms with Crippen LogP contribution in [0.5, 0.6) is 17.2 Å². The Bertz CT molecular complexity index is 1390. The molecule has 1 heterocycles. The number of allylic oxidation sites excluding steroid dienone is 1. The van der Waals surface area contributed by atoms with Crippen molar-refractivity contribution in [2.75, 3.05) is 6.61 Å². The summed E-state index contributed by atoms with van der Waals surface area (Å²) < 4.78 is 17.3. The van der Waals surface area contributed by atoms with Gasteiger partial charge in [0, 0.05) is 28.3 Å². The molecule has 1 aliphatic rings. The maximum Gasteiger partial charge on any atom is 0.336 e. The number of para-hydroxylation sites is 1. The summed E-state index contributed by atoms with van der Waals surface area (Å²) in [7, 11) is 0. The van der Waals surface area contributed by atoms with Crippen molar-refractivity contribution < 1.29 is 19.0 Å². The van der Waals surface area contributed by atoms with E-state index in [2.05, 4.69) is 13.0 Å². The Balaban J connectivity index is 1.60. The van der Waals surface area contributed by atoms with Crippen molar-refractivity contribution in [3.05, 3.63) is 106 Å². The summed E-state index contributed by atoms with van der Waals surface area (Å²) >= 11 is 6.13. The molecule has 0 amide bonds. The van der Waals surface area contributed by atoms with E-state index in [1.165, 1.54) is 6.08 Å². The number of rotatable bonds is 9. The summed E-state index contributed by atoms with van der Waals surface area (Å²) in [6, 6.07) is 22.0. The molecular formula is C30H27ClN2O4. The van der Waals surface area contributed by atoms with Gasteiger partial charge in [0.2, 0.25) is 5.88 Å². The van der Waals surface area contributed by atoms with E-state index < -0.39 is 11.9 Å². The van der Waals surface area contributed by atoms with E-state index >= 15 is 0 Å². The van der Waals surface area contributed by atoms with Crippen LogP contribution in [0.3, 0.4) is 0 Å². The van der Waals surface area contributed by atoms with Crippen LogP contribution in [0.4, 0.5) is 0 Å². The Labute approximate surface area is 221 Å². The molecule has 0 aromatic heterocycles. The first kappa shape index (κ1) is 25.9. The van der Waals surface area contributed by atoms with Crippen molar-refractivity contribution in [2.45, 2.75) is 32.1 Å². The van der Waals surface area contributed by atoms with E-state index in [1.54, 1.807) is 36.4 Å². The first-order valence-corrected chi connectivity index (χ1v) is 12.5. The zero-order valence-corrected chi connectivity index (χ0v) is 21.2. The van der Waals surface area contributed by atoms with Crippen LogP contribution >= 0.6 is 11.6 Å². The van der Waals surface area contributed by atoms with Crippen LogP contribution < -0.4 is 19.9 Å². The number of esters is 1. The quantitative estimate of drug-likeness (QED) is 0.147. The van der Waals surface area contributed by atoms with Gasteiger partial charge in [-0.3, -0.25) is 0 Å². The molecule has 0 saturated carbocycles. The van der Waals surface area contributed by atoms with E-state index in [9.17, 15) is 10.1 Å². The molecule has 188 valence electrons. The summed E-state index contributed by atoms with van der Waals surface area (Å²) in [6.45, 7) is 2.72. The number of fused-ring (bicyclic) bond motifs is 1. The third-order valence-electron chi connectivity index (χ3n) is 5.95. The molecule has 3 aromatic rings. The molecule has 1 unspecified atom stereocenters. The lowest BCUT2D eigenvalue weighted by molar-refractivity contribution is -0.128. The van der Waals surface area contributed by atoms with Crippen LogP contribution in [-0.2, 0) is 4.79 Å². The van der Waals surface area contributed by atoms with Gasteiger partial charge in [-0.2, -0.15) is 5.26 Å². The fourth-order valence-corrected chi connectivity index (χ4v) is 4.32. The van der Waals surface area contributed by atoms with Crippen molar-refractivity contribution >= 4 is 23.6 Å². The van der Waals surface area contributed by atoms with Crippen LogP contribution in [0, 0.1) is 11.3 Å². The summed E-state index contributed by atoms with van der Waals surface area (Å²) in [5.74, 6) is 0.326. The topological polar surface area (TPSA) is 94.6 Å². The van der Waals surface area contributed by atoms with Crippen LogP contribution in [0.25, 0.3) is 6.08 Å². The third kappa shape index (κ3) is 6.14. The minimum Gasteiger partial charge on any atom is -0.493 e. The minimum atomic E-state index is -0.570. The average molecular weight is 515 g/mol. The van der Waals surface area contributed by atoms with Crippen molar-refractivity contribution in [1.29, 1.82) is 5.26 Å². The summed E-state index contributed by atoms with van der Waals surface area (Å²) in [5, 5.41) is 10.4. The van der Waals surface area contributed by atoms with E-state index in [1.807, 2.05) is 36.4 Å². The maximum absolute atomic E-state index is 12.4. The zero-order chi connectivity index (χ0) is 26.2. The number of nitrogens with two attached hydrogens (primary N) is 1. The number of halogens is 1. The van der Waals surface area contributed by atoms with E-state index in [0.29, 0.717) is 34.3 Å². The third-order valence-corrected chi connectivity index (χ3v) is 6.29. The number of carbonyl (C=O) groups excluding carboxylic acids is 1. The van der Waals surface area contributed by atoms with Crippen molar-refractivity contribution in [2.24, 2.45) is 5.73 Å². The van der Waals surface area contributed by atoms with Gasteiger partial charge in [0.1, 0.15) is 28.9 Å². The minimum absolute atomic E-state index is 0.00266. The Hall–Kier alpha value is -4.21. The predicted octanol–water partition coefficient (Wildman–Crippen LogP) is 6.75. The van der Waals surface area contributed by atoms with Crippen molar-refractivity contribution in [1.82, 2.24) is 0 Å². The number of hydrogen-bond donors (Lipinski definition) is 1. The largest absolute Gasteiger partial charge is 0.493 e. The zero-order valence-electron chi connectivity index (χ0n) is 20.4. The molecule has 37 heavy (non-hydrogen) atoms. The number of ether oxygens (including phenoxy) is 3. The van der Waals surface area contributed by atoms with Gasteiger partial charge in [-0.1, -0.05) is 73.8 Å². The second-order valence-corrected chi connectivity index (χ2v) is 8.90. The SMILES string of the molecule is CCCCCOc1ccccc1C1C(C#N)=C(N)Oc2cc(OC(=O)/C=C/c3ccccc3Cl)ccc21. The highest BCUT2D eigenvalue weighted by molar-refractivity contribution is 6.32. The van der Waals surface area contributed by atoms with Gasteiger partial charge < -0.3 is 19.9 Å². The molecule has 4 rings (SSSR count). The normalized spacial score (nSPS) is 14.6. The molecule has 3 aromatic carbocycles. The monoisotopic (exact) mass is 514 g/mol. The number of nitrogens with zero attached hydrogens (tertiary/aromatic N) is 1. The average Bonchev–Trinajstić information content (AvgIpc) is 2.90. The highest BCUT2D eigenvalue weighted by atomic mass is 35.5. The maximum atomic E-state index is 12.4. The summed E-state index contributed by atoms with van der Waals surface area (Å²) in [5.41, 5.74) is 8.70. The van der Waals surface area contributed by atoms with Gasteiger partial charge in [-0.15, -0.1) is 0 Å². The highest BCUT2D eigenvalue weighted by Gasteiger charge is 2.32. The van der Waals surface area contributed by atoms with Crippen LogP contribution in [0.1, 0.15) is 48.8 Å². The Morgan fingerprint density at radius 2 is 1.89 bits per heavy atom. The van der Waals surface area contributed by atoms with E-state index in [4.69, 9.17) is 31.5 Å². The van der Waals surface area contributed by atoms with Gasteiger partial charge >= 0.3 is 5.97 Å². The first-order valence-electron chi connectivity index (χ1n) is 12.1. The lowest BCUT2D eigenvalue weighted by atomic mass is 9.83. The Morgan fingerprint density at radius 1 is 1.11 bits per heavy atom. The fourth-order valence-electron chi connectivity index (χ4n) is 4.12. The molecule has 1 atom stereocenters. The lowest BCUT2D eigenvalue weighted by Gasteiger charge is -2.28. The van der Waals surface area contributed by atoms with E-state index in [-0.39, 0.29) is 11.6 Å². The molecule has 0 radical (unpaired) electrons. The number of unbranched alkanes of at least 4 members (excludes halogenated alkanes) is 2. The predicted molar refractivity (Wildman–Crippen MR) is 143 cm³/mol. The smallest absolute Gasteiger partial charge is 0.336 e. The molecule has 2 N–H and O–H groups in total.